The number of halogens is 3. The Bertz CT molecular complexity index is 1040. The molecule has 7 heteroatoms. The Morgan fingerprint density at radius 1 is 1.19 bits per heavy atom. The van der Waals surface area contributed by atoms with E-state index in [0.717, 1.165) is 66.5 Å². The van der Waals surface area contributed by atoms with Gasteiger partial charge in [-0.3, -0.25) is 9.29 Å². The van der Waals surface area contributed by atoms with Crippen LogP contribution in [-0.2, 0) is 6.42 Å². The van der Waals surface area contributed by atoms with Gasteiger partial charge in [0, 0.05) is 35.3 Å². The number of carboxylic acid groups (broad SMARTS) is 1. The van der Waals surface area contributed by atoms with Crippen LogP contribution in [0, 0.1) is 5.82 Å². The third-order valence-electron chi connectivity index (χ3n) is 6.08. The summed E-state index contributed by atoms with van der Waals surface area (Å²) >= 11 is 3.66. The Morgan fingerprint density at radius 3 is 2.81 bits per heavy atom. The first kappa shape index (κ1) is 22.9. The van der Waals surface area contributed by atoms with E-state index in [1.807, 2.05) is 0 Å². The van der Waals surface area contributed by atoms with Gasteiger partial charge in [0.2, 0.25) is 0 Å². The molecule has 0 unspecified atom stereocenters. The highest BCUT2D eigenvalue weighted by Gasteiger charge is 2.25. The van der Waals surface area contributed by atoms with Crippen molar-refractivity contribution in [1.29, 1.82) is 0 Å². The minimum Gasteiger partial charge on any atom is -0.489 e. The van der Waals surface area contributed by atoms with Crippen molar-refractivity contribution >= 4 is 27.5 Å². The lowest BCUT2D eigenvalue weighted by Gasteiger charge is -2.18. The summed E-state index contributed by atoms with van der Waals surface area (Å²) in [7, 11) is 0. The lowest BCUT2D eigenvalue weighted by Crippen LogP contribution is -2.26. The quantitative estimate of drug-likeness (QED) is 0.514. The fourth-order valence-electron chi connectivity index (χ4n) is 4.52. The van der Waals surface area contributed by atoms with E-state index in [2.05, 4.69) is 20.8 Å². The van der Waals surface area contributed by atoms with Crippen molar-refractivity contribution in [3.05, 3.63) is 69.0 Å². The number of fused-ring (bicyclic) bond motifs is 1. The van der Waals surface area contributed by atoms with Crippen LogP contribution < -0.4 is 4.74 Å². The number of rotatable bonds is 7. The Kier molecular flexibility index (Phi) is 7.26. The molecule has 0 amide bonds. The van der Waals surface area contributed by atoms with E-state index in [1.54, 1.807) is 30.3 Å². The summed E-state index contributed by atoms with van der Waals surface area (Å²) in [5.74, 6) is -0.727. The minimum atomic E-state index is -0.972. The number of carboxylic acids is 1. The molecule has 4 nitrogen and oxygen atoms in total. The third kappa shape index (κ3) is 5.04. The molecule has 1 aliphatic heterocycles. The molecule has 1 fully saturated rings. The van der Waals surface area contributed by atoms with Crippen molar-refractivity contribution in [1.82, 2.24) is 4.90 Å². The van der Waals surface area contributed by atoms with Crippen LogP contribution in [0.2, 0.25) is 0 Å². The molecule has 0 aromatic heterocycles. The van der Waals surface area contributed by atoms with E-state index < -0.39 is 5.97 Å². The Morgan fingerprint density at radius 2 is 2.03 bits per heavy atom. The highest BCUT2D eigenvalue weighted by molar-refractivity contribution is 9.11. The molecular weight excluding hydrogens is 480 g/mol. The number of ether oxygens (including phenoxy) is 1. The van der Waals surface area contributed by atoms with Crippen molar-refractivity contribution in [2.45, 2.75) is 38.2 Å². The predicted molar refractivity (Wildman–Crippen MR) is 124 cm³/mol. The van der Waals surface area contributed by atoms with Gasteiger partial charge in [-0.15, -0.1) is 0 Å². The first-order valence-electron chi connectivity index (χ1n) is 11.0. The molecule has 4 rings (SSSR count). The molecule has 2 aromatic carbocycles. The molecule has 32 heavy (non-hydrogen) atoms. The highest BCUT2D eigenvalue weighted by atomic mass is 79.9. The zero-order chi connectivity index (χ0) is 22.7. The maximum atomic E-state index is 15.0. The SMILES string of the molecule is O=C(O)c1ccc2c(c1)CCCC(Br)=C2c1cc(O[C@@H]2CCN(CCCF)C2)ccc1F. The lowest BCUT2D eigenvalue weighted by molar-refractivity contribution is 0.0696. The van der Waals surface area contributed by atoms with Crippen LogP contribution in [0.4, 0.5) is 8.78 Å². The fraction of sp³-hybridized carbons (Fsp3) is 0.400. The van der Waals surface area contributed by atoms with Gasteiger partial charge in [0.05, 0.1) is 12.2 Å². The molecule has 2 aliphatic rings. The number of benzene rings is 2. The van der Waals surface area contributed by atoms with Crippen molar-refractivity contribution in [3.8, 4) is 5.75 Å². The maximum absolute atomic E-state index is 15.0. The topological polar surface area (TPSA) is 49.8 Å². The molecule has 2 aromatic rings. The van der Waals surface area contributed by atoms with Crippen LogP contribution in [0.3, 0.4) is 0 Å². The fourth-order valence-corrected chi connectivity index (χ4v) is 5.22. The second-order valence-electron chi connectivity index (χ2n) is 8.32. The summed E-state index contributed by atoms with van der Waals surface area (Å²) < 4.78 is 34.5. The predicted octanol–water partition coefficient (Wildman–Crippen LogP) is 5.83. The van der Waals surface area contributed by atoms with E-state index in [0.29, 0.717) is 17.7 Å². The van der Waals surface area contributed by atoms with Gasteiger partial charge in [-0.05, 0) is 73.6 Å². The minimum absolute atomic E-state index is 0.00936. The Balaban J connectivity index is 1.63. The van der Waals surface area contributed by atoms with Gasteiger partial charge in [0.1, 0.15) is 17.7 Å². The van der Waals surface area contributed by atoms with Gasteiger partial charge in [-0.2, -0.15) is 0 Å². The Hall–Kier alpha value is -2.25. The van der Waals surface area contributed by atoms with E-state index in [1.165, 1.54) is 6.07 Å². The summed E-state index contributed by atoms with van der Waals surface area (Å²) in [6.45, 7) is 2.01. The largest absolute Gasteiger partial charge is 0.489 e. The molecule has 0 saturated carbocycles. The zero-order valence-corrected chi connectivity index (χ0v) is 19.3. The third-order valence-corrected chi connectivity index (χ3v) is 6.88. The number of hydrogen-bond donors (Lipinski definition) is 1. The first-order valence-corrected chi connectivity index (χ1v) is 11.8. The number of carbonyl (C=O) groups is 1. The summed E-state index contributed by atoms with van der Waals surface area (Å²) in [4.78, 5) is 13.6. The number of alkyl halides is 1. The molecule has 0 spiro atoms. The van der Waals surface area contributed by atoms with E-state index in [9.17, 15) is 14.3 Å². The van der Waals surface area contributed by atoms with Gasteiger partial charge >= 0.3 is 5.97 Å². The van der Waals surface area contributed by atoms with E-state index in [-0.39, 0.29) is 24.2 Å². The van der Waals surface area contributed by atoms with Crippen LogP contribution in [0.1, 0.15) is 52.7 Å². The van der Waals surface area contributed by atoms with Crippen LogP contribution in [0.25, 0.3) is 5.57 Å². The van der Waals surface area contributed by atoms with Gasteiger partial charge in [0.15, 0.2) is 0 Å². The van der Waals surface area contributed by atoms with Crippen LogP contribution in [0.5, 0.6) is 5.75 Å². The van der Waals surface area contributed by atoms with Crippen molar-refractivity contribution < 1.29 is 23.4 Å². The number of aryl methyl sites for hydroxylation is 1. The van der Waals surface area contributed by atoms with Crippen LogP contribution in [0.15, 0.2) is 40.9 Å². The average molecular weight is 506 g/mol. The molecule has 0 radical (unpaired) electrons. The van der Waals surface area contributed by atoms with E-state index >= 15 is 4.39 Å². The second-order valence-corrected chi connectivity index (χ2v) is 9.28. The summed E-state index contributed by atoms with van der Waals surface area (Å²) in [5, 5.41) is 9.35. The lowest BCUT2D eigenvalue weighted by atomic mass is 9.92. The number of hydrogen-bond acceptors (Lipinski definition) is 3. The summed E-state index contributed by atoms with van der Waals surface area (Å²) in [6, 6.07) is 9.82. The number of likely N-dealkylation sites (tertiary alicyclic amines) is 1. The Labute approximate surface area is 195 Å². The number of aromatic carboxylic acids is 1. The molecule has 170 valence electrons. The van der Waals surface area contributed by atoms with Crippen LogP contribution in [-0.4, -0.2) is 48.4 Å². The second kappa shape index (κ2) is 10.1. The van der Waals surface area contributed by atoms with Crippen molar-refractivity contribution in [2.24, 2.45) is 0 Å². The van der Waals surface area contributed by atoms with Gasteiger partial charge in [-0.25, -0.2) is 9.18 Å². The molecule has 1 aliphatic carbocycles. The first-order chi connectivity index (χ1) is 15.5. The number of allylic oxidation sites excluding steroid dienone is 1. The van der Waals surface area contributed by atoms with Gasteiger partial charge < -0.3 is 9.84 Å². The standard InChI is InChI=1S/C25H26BrF2NO3/c26-22-4-1-3-16-13-17(25(30)31)5-7-20(16)24(22)21-14-18(6-8-23(21)28)32-19-9-12-29(15-19)11-2-10-27/h5-8,13-14,19H,1-4,9-12,15H2,(H,30,31)/t19-/m1/s1. The highest BCUT2D eigenvalue weighted by Crippen LogP contribution is 2.40. The summed E-state index contributed by atoms with van der Waals surface area (Å²) in [6.07, 6.45) is 3.68. The molecule has 1 saturated heterocycles. The van der Waals surface area contributed by atoms with Gasteiger partial charge in [0.25, 0.3) is 0 Å². The molecule has 1 N–H and O–H groups in total. The van der Waals surface area contributed by atoms with E-state index in [4.69, 9.17) is 4.74 Å². The smallest absolute Gasteiger partial charge is 0.335 e. The normalized spacial score (nSPS) is 19.0. The monoisotopic (exact) mass is 505 g/mol. The van der Waals surface area contributed by atoms with Gasteiger partial charge in [-0.1, -0.05) is 22.0 Å². The summed E-state index contributed by atoms with van der Waals surface area (Å²) in [5.41, 5.74) is 3.16. The maximum Gasteiger partial charge on any atom is 0.335 e. The zero-order valence-electron chi connectivity index (χ0n) is 17.8. The number of nitrogens with zero attached hydrogens (tertiary/aromatic N) is 1. The molecule has 1 heterocycles. The average Bonchev–Trinajstić information content (AvgIpc) is 3.15. The molecule has 0 bridgehead atoms. The van der Waals surface area contributed by atoms with Crippen molar-refractivity contribution in [3.63, 3.8) is 0 Å². The molecular formula is C25H26BrF2NO3. The molecule has 1 atom stereocenters. The van der Waals surface area contributed by atoms with Crippen LogP contribution >= 0.6 is 15.9 Å². The van der Waals surface area contributed by atoms with Crippen molar-refractivity contribution in [2.75, 3.05) is 26.3 Å².